The Morgan fingerprint density at radius 2 is 1.74 bits per heavy atom. The molecule has 0 saturated heterocycles. The van der Waals surface area contributed by atoms with Crippen LogP contribution >= 0.6 is 0 Å². The minimum absolute atomic E-state index is 0.0310. The summed E-state index contributed by atoms with van der Waals surface area (Å²) >= 11 is 0. The van der Waals surface area contributed by atoms with E-state index in [1.807, 2.05) is 42.3 Å². The number of sulfone groups is 1. The highest BCUT2D eigenvalue weighted by Gasteiger charge is 2.35. The largest absolute Gasteiger partial charge is 0.314 e. The Kier molecular flexibility index (Phi) is 5.81. The Balaban J connectivity index is 2.05. The lowest BCUT2D eigenvalue weighted by Crippen LogP contribution is -2.50. The smallest absolute Gasteiger partial charge is 0.240 e. The van der Waals surface area contributed by atoms with Gasteiger partial charge in [-0.1, -0.05) is 31.0 Å². The normalized spacial score (nSPS) is 22.1. The molecule has 2 rings (SSSR count). The number of para-hydroxylation sites is 1. The molecule has 1 saturated carbocycles. The van der Waals surface area contributed by atoms with Crippen molar-refractivity contribution >= 4 is 21.4 Å². The van der Waals surface area contributed by atoms with Crippen molar-refractivity contribution in [2.75, 3.05) is 31.8 Å². The maximum atomic E-state index is 12.5. The van der Waals surface area contributed by atoms with Crippen molar-refractivity contribution in [1.29, 1.82) is 0 Å². The quantitative estimate of drug-likeness (QED) is 0.823. The van der Waals surface area contributed by atoms with Gasteiger partial charge in [-0.15, -0.1) is 0 Å². The van der Waals surface area contributed by atoms with Crippen LogP contribution in [0.15, 0.2) is 30.3 Å². The maximum Gasteiger partial charge on any atom is 0.240 e. The van der Waals surface area contributed by atoms with Gasteiger partial charge in [-0.05, 0) is 32.0 Å². The second kappa shape index (κ2) is 7.45. The van der Waals surface area contributed by atoms with E-state index in [0.29, 0.717) is 6.42 Å². The number of anilines is 1. The highest BCUT2D eigenvalue weighted by Crippen LogP contribution is 2.27. The third kappa shape index (κ3) is 4.54. The predicted octanol–water partition coefficient (Wildman–Crippen LogP) is 1.94. The van der Waals surface area contributed by atoms with Gasteiger partial charge in [-0.2, -0.15) is 0 Å². The lowest BCUT2D eigenvalue weighted by atomic mass is 9.94. The Morgan fingerprint density at radius 3 is 2.35 bits per heavy atom. The molecule has 0 aromatic heterocycles. The minimum Gasteiger partial charge on any atom is -0.314 e. The Bertz CT molecular complexity index is 630. The molecule has 0 N–H and O–H groups in total. The third-order valence-electron chi connectivity index (χ3n) is 4.69. The molecule has 5 nitrogen and oxygen atoms in total. The van der Waals surface area contributed by atoms with Crippen molar-refractivity contribution in [1.82, 2.24) is 4.90 Å². The zero-order valence-corrected chi connectivity index (χ0v) is 14.9. The molecule has 0 radical (unpaired) electrons. The molecule has 1 aromatic carbocycles. The summed E-state index contributed by atoms with van der Waals surface area (Å²) in [6, 6.07) is 9.39. The van der Waals surface area contributed by atoms with Crippen LogP contribution in [0.25, 0.3) is 0 Å². The molecule has 2 atom stereocenters. The first-order valence-electron chi connectivity index (χ1n) is 8.01. The predicted molar refractivity (Wildman–Crippen MR) is 93.4 cm³/mol. The van der Waals surface area contributed by atoms with Crippen molar-refractivity contribution in [2.24, 2.45) is 0 Å². The average Bonchev–Trinajstić information content (AvgIpc) is 2.54. The van der Waals surface area contributed by atoms with Crippen molar-refractivity contribution in [3.05, 3.63) is 30.3 Å². The van der Waals surface area contributed by atoms with Gasteiger partial charge in [0.05, 0.1) is 11.8 Å². The first-order valence-corrected chi connectivity index (χ1v) is 9.97. The van der Waals surface area contributed by atoms with E-state index in [0.717, 1.165) is 24.9 Å². The number of hydrogen-bond acceptors (Lipinski definition) is 4. The SMILES string of the molecule is CN(C(=O)CN(C)[C@H]1CCCC[C@H]1S(C)(=O)=O)c1ccccc1. The van der Waals surface area contributed by atoms with Crippen LogP contribution in [0.1, 0.15) is 25.7 Å². The van der Waals surface area contributed by atoms with Gasteiger partial charge in [0.2, 0.25) is 5.91 Å². The summed E-state index contributed by atoms with van der Waals surface area (Å²) in [6.07, 6.45) is 4.79. The average molecular weight is 338 g/mol. The van der Waals surface area contributed by atoms with Gasteiger partial charge in [0.15, 0.2) is 9.84 Å². The molecule has 1 aliphatic carbocycles. The number of carbonyl (C=O) groups excluding carboxylic acids is 1. The zero-order chi connectivity index (χ0) is 17.0. The molecule has 0 bridgehead atoms. The molecule has 0 spiro atoms. The molecule has 1 fully saturated rings. The first kappa shape index (κ1) is 17.9. The number of carbonyl (C=O) groups is 1. The number of amides is 1. The second-order valence-corrected chi connectivity index (χ2v) is 8.69. The van der Waals surface area contributed by atoms with E-state index in [1.54, 1.807) is 11.9 Å². The van der Waals surface area contributed by atoms with Crippen LogP contribution in [-0.2, 0) is 14.6 Å². The van der Waals surface area contributed by atoms with Crippen LogP contribution in [0.4, 0.5) is 5.69 Å². The molecule has 128 valence electrons. The van der Waals surface area contributed by atoms with Crippen molar-refractivity contribution in [3.8, 4) is 0 Å². The maximum absolute atomic E-state index is 12.5. The molecule has 0 aliphatic heterocycles. The van der Waals surface area contributed by atoms with E-state index >= 15 is 0 Å². The Labute approximate surface area is 139 Å². The van der Waals surface area contributed by atoms with Gasteiger partial charge in [0.25, 0.3) is 0 Å². The fraction of sp³-hybridized carbons (Fsp3) is 0.588. The third-order valence-corrected chi connectivity index (χ3v) is 6.34. The van der Waals surface area contributed by atoms with Gasteiger partial charge in [0, 0.05) is 25.0 Å². The van der Waals surface area contributed by atoms with Crippen molar-refractivity contribution < 1.29 is 13.2 Å². The Morgan fingerprint density at radius 1 is 1.13 bits per heavy atom. The van der Waals surface area contributed by atoms with Gasteiger partial charge in [-0.3, -0.25) is 9.69 Å². The monoisotopic (exact) mass is 338 g/mol. The van der Waals surface area contributed by atoms with E-state index in [-0.39, 0.29) is 23.7 Å². The van der Waals surface area contributed by atoms with Crippen LogP contribution in [0.3, 0.4) is 0 Å². The molecule has 1 amide bonds. The van der Waals surface area contributed by atoms with Gasteiger partial charge < -0.3 is 4.90 Å². The van der Waals surface area contributed by atoms with E-state index < -0.39 is 9.84 Å². The summed E-state index contributed by atoms with van der Waals surface area (Å²) in [5.41, 5.74) is 0.842. The number of rotatable bonds is 5. The molecular weight excluding hydrogens is 312 g/mol. The van der Waals surface area contributed by atoms with E-state index in [9.17, 15) is 13.2 Å². The van der Waals surface area contributed by atoms with Crippen molar-refractivity contribution in [2.45, 2.75) is 37.0 Å². The molecule has 0 heterocycles. The van der Waals surface area contributed by atoms with Gasteiger partial charge in [-0.25, -0.2) is 8.42 Å². The highest BCUT2D eigenvalue weighted by molar-refractivity contribution is 7.91. The molecule has 1 aromatic rings. The summed E-state index contributed by atoms with van der Waals surface area (Å²) in [7, 11) is 0.508. The molecular formula is C17H26N2O3S. The standard InChI is InChI=1S/C17H26N2O3S/c1-18(15-11-7-8-12-16(15)23(3,21)22)13-17(20)19(2)14-9-5-4-6-10-14/h4-6,9-10,15-16H,7-8,11-13H2,1-3H3/t15-,16+/m0/s1. The highest BCUT2D eigenvalue weighted by atomic mass is 32.2. The van der Waals surface area contributed by atoms with Crippen molar-refractivity contribution in [3.63, 3.8) is 0 Å². The summed E-state index contributed by atoms with van der Waals surface area (Å²) in [4.78, 5) is 16.0. The fourth-order valence-corrected chi connectivity index (χ4v) is 4.82. The lowest BCUT2D eigenvalue weighted by Gasteiger charge is -2.37. The Hall–Kier alpha value is -1.40. The van der Waals surface area contributed by atoms with Crippen LogP contribution in [0.5, 0.6) is 0 Å². The van der Waals surface area contributed by atoms with Crippen LogP contribution in [-0.4, -0.2) is 57.4 Å². The van der Waals surface area contributed by atoms with Crippen LogP contribution in [0.2, 0.25) is 0 Å². The number of likely N-dealkylation sites (N-methyl/N-ethyl adjacent to an activating group) is 2. The topological polar surface area (TPSA) is 57.7 Å². The number of nitrogens with zero attached hydrogens (tertiary/aromatic N) is 2. The number of benzene rings is 1. The molecule has 0 unspecified atom stereocenters. The lowest BCUT2D eigenvalue weighted by molar-refractivity contribution is -0.119. The molecule has 6 heteroatoms. The molecule has 1 aliphatic rings. The zero-order valence-electron chi connectivity index (χ0n) is 14.1. The van der Waals surface area contributed by atoms with Crippen LogP contribution in [0, 0.1) is 0 Å². The summed E-state index contributed by atoms with van der Waals surface area (Å²) in [5.74, 6) is -0.0310. The van der Waals surface area contributed by atoms with Gasteiger partial charge in [0.1, 0.15) is 0 Å². The summed E-state index contributed by atoms with van der Waals surface area (Å²) in [6.45, 7) is 0.224. The summed E-state index contributed by atoms with van der Waals surface area (Å²) < 4.78 is 24.0. The van der Waals surface area contributed by atoms with E-state index in [2.05, 4.69) is 0 Å². The first-order chi connectivity index (χ1) is 10.8. The van der Waals surface area contributed by atoms with E-state index in [1.165, 1.54) is 6.26 Å². The van der Waals surface area contributed by atoms with Gasteiger partial charge >= 0.3 is 0 Å². The number of hydrogen-bond donors (Lipinski definition) is 0. The van der Waals surface area contributed by atoms with Crippen LogP contribution < -0.4 is 4.90 Å². The van der Waals surface area contributed by atoms with E-state index in [4.69, 9.17) is 0 Å². The second-order valence-electron chi connectivity index (χ2n) is 6.42. The molecule has 23 heavy (non-hydrogen) atoms. The minimum atomic E-state index is -3.09. The fourth-order valence-electron chi connectivity index (χ4n) is 3.31. The summed E-state index contributed by atoms with van der Waals surface area (Å²) in [5, 5.41) is -0.365.